The third-order valence-electron chi connectivity index (χ3n) is 3.34. The summed E-state index contributed by atoms with van der Waals surface area (Å²) in [4.78, 5) is 0. The van der Waals surface area contributed by atoms with Gasteiger partial charge in [-0.1, -0.05) is 59.8 Å². The Bertz CT molecular complexity index is 122. The molecule has 0 aromatic rings. The van der Waals surface area contributed by atoms with Crippen LogP contribution in [0.4, 0.5) is 0 Å². The van der Waals surface area contributed by atoms with Gasteiger partial charge < -0.3 is 0 Å². The molecule has 0 saturated heterocycles. The minimum atomic E-state index is 0.626. The maximum atomic E-state index is 4.77. The highest BCUT2D eigenvalue weighted by atomic mass is 32.1. The molecule has 0 aromatic carbocycles. The van der Waals surface area contributed by atoms with Crippen LogP contribution in [0.3, 0.4) is 0 Å². The zero-order chi connectivity index (χ0) is 11.0. The number of rotatable bonds is 8. The Hall–Kier alpha value is 0.350. The van der Waals surface area contributed by atoms with Gasteiger partial charge in [-0.25, -0.2) is 0 Å². The van der Waals surface area contributed by atoms with Gasteiger partial charge in [0.1, 0.15) is 0 Å². The van der Waals surface area contributed by atoms with Gasteiger partial charge in [0.25, 0.3) is 0 Å². The molecule has 0 spiro atoms. The van der Waals surface area contributed by atoms with Crippen molar-refractivity contribution < 1.29 is 0 Å². The summed E-state index contributed by atoms with van der Waals surface area (Å²) in [6.07, 6.45) is 7.88. The lowest BCUT2D eigenvalue weighted by Gasteiger charge is -2.29. The third kappa shape index (κ3) is 4.72. The molecule has 0 nitrogen and oxygen atoms in total. The van der Waals surface area contributed by atoms with E-state index in [1.54, 1.807) is 0 Å². The SMILES string of the molecule is CCCC(S)C(CC)C(CC)CCC. The monoisotopic (exact) mass is 216 g/mol. The van der Waals surface area contributed by atoms with Gasteiger partial charge in [0, 0.05) is 5.25 Å². The predicted octanol–water partition coefficient (Wildman–Crippen LogP) is 4.94. The number of hydrogen-bond donors (Lipinski definition) is 1. The first-order valence-corrected chi connectivity index (χ1v) is 6.90. The molecule has 0 aliphatic heterocycles. The van der Waals surface area contributed by atoms with E-state index < -0.39 is 0 Å². The normalized spacial score (nSPS) is 17.8. The molecule has 0 aromatic heterocycles. The highest BCUT2D eigenvalue weighted by molar-refractivity contribution is 7.81. The first kappa shape index (κ1) is 14.3. The highest BCUT2D eigenvalue weighted by Crippen LogP contribution is 2.31. The van der Waals surface area contributed by atoms with Gasteiger partial charge >= 0.3 is 0 Å². The summed E-state index contributed by atoms with van der Waals surface area (Å²) >= 11 is 4.77. The Morgan fingerprint density at radius 3 is 1.79 bits per heavy atom. The largest absolute Gasteiger partial charge is 0.176 e. The van der Waals surface area contributed by atoms with Gasteiger partial charge in [0.2, 0.25) is 0 Å². The van der Waals surface area contributed by atoms with Crippen molar-refractivity contribution in [2.75, 3.05) is 0 Å². The minimum absolute atomic E-state index is 0.626. The quantitative estimate of drug-likeness (QED) is 0.546. The molecule has 3 atom stereocenters. The second-order valence-corrected chi connectivity index (χ2v) is 5.05. The molecule has 0 rings (SSSR count). The Balaban J connectivity index is 4.18. The van der Waals surface area contributed by atoms with Crippen LogP contribution in [0.5, 0.6) is 0 Å². The molecular formula is C13H28S. The van der Waals surface area contributed by atoms with Crippen LogP contribution in [-0.2, 0) is 0 Å². The minimum Gasteiger partial charge on any atom is -0.176 e. The van der Waals surface area contributed by atoms with E-state index in [0.717, 1.165) is 11.8 Å². The zero-order valence-electron chi connectivity index (χ0n) is 10.4. The second kappa shape index (κ2) is 8.64. The average molecular weight is 216 g/mol. The van der Waals surface area contributed by atoms with Crippen molar-refractivity contribution in [2.24, 2.45) is 11.8 Å². The molecule has 0 aliphatic carbocycles. The summed E-state index contributed by atoms with van der Waals surface area (Å²) in [5.41, 5.74) is 0. The van der Waals surface area contributed by atoms with Crippen molar-refractivity contribution >= 4 is 12.6 Å². The van der Waals surface area contributed by atoms with E-state index in [4.69, 9.17) is 12.6 Å². The maximum Gasteiger partial charge on any atom is 0.00475 e. The summed E-state index contributed by atoms with van der Waals surface area (Å²) in [7, 11) is 0. The Morgan fingerprint density at radius 1 is 0.857 bits per heavy atom. The molecule has 0 saturated carbocycles. The van der Waals surface area contributed by atoms with Crippen LogP contribution in [0.1, 0.15) is 66.2 Å². The number of hydrogen-bond acceptors (Lipinski definition) is 1. The molecule has 0 aliphatic rings. The summed E-state index contributed by atoms with van der Waals surface area (Å²) in [5, 5.41) is 0.626. The topological polar surface area (TPSA) is 0 Å². The van der Waals surface area contributed by atoms with E-state index in [1.807, 2.05) is 0 Å². The average Bonchev–Trinajstić information content (AvgIpc) is 2.18. The molecule has 0 amide bonds. The fraction of sp³-hybridized carbons (Fsp3) is 1.00. The summed E-state index contributed by atoms with van der Waals surface area (Å²) in [6.45, 7) is 9.21. The predicted molar refractivity (Wildman–Crippen MR) is 70.2 cm³/mol. The molecule has 0 fully saturated rings. The molecular weight excluding hydrogens is 188 g/mol. The van der Waals surface area contributed by atoms with E-state index in [9.17, 15) is 0 Å². The van der Waals surface area contributed by atoms with Crippen LogP contribution < -0.4 is 0 Å². The lowest BCUT2D eigenvalue weighted by Crippen LogP contribution is -2.23. The molecule has 0 radical (unpaired) electrons. The summed E-state index contributed by atoms with van der Waals surface area (Å²) in [6, 6.07) is 0. The Labute approximate surface area is 96.3 Å². The van der Waals surface area contributed by atoms with E-state index in [-0.39, 0.29) is 0 Å². The Kier molecular flexibility index (Phi) is 8.86. The maximum absolute atomic E-state index is 4.77. The van der Waals surface area contributed by atoms with Gasteiger partial charge in [0.15, 0.2) is 0 Å². The van der Waals surface area contributed by atoms with Gasteiger partial charge in [-0.2, -0.15) is 12.6 Å². The molecule has 0 N–H and O–H groups in total. The van der Waals surface area contributed by atoms with Gasteiger partial charge in [-0.15, -0.1) is 0 Å². The first-order chi connectivity index (χ1) is 6.71. The van der Waals surface area contributed by atoms with E-state index in [2.05, 4.69) is 27.7 Å². The molecule has 0 bridgehead atoms. The molecule has 86 valence electrons. The van der Waals surface area contributed by atoms with Crippen LogP contribution in [0.2, 0.25) is 0 Å². The Morgan fingerprint density at radius 2 is 1.43 bits per heavy atom. The number of thiol groups is 1. The molecule has 14 heavy (non-hydrogen) atoms. The van der Waals surface area contributed by atoms with E-state index in [1.165, 1.54) is 38.5 Å². The second-order valence-electron chi connectivity index (χ2n) is 4.39. The van der Waals surface area contributed by atoms with E-state index in [0.29, 0.717) is 5.25 Å². The van der Waals surface area contributed by atoms with Crippen molar-refractivity contribution in [3.8, 4) is 0 Å². The van der Waals surface area contributed by atoms with E-state index >= 15 is 0 Å². The van der Waals surface area contributed by atoms with Crippen molar-refractivity contribution in [1.82, 2.24) is 0 Å². The van der Waals surface area contributed by atoms with Crippen LogP contribution >= 0.6 is 12.6 Å². The first-order valence-electron chi connectivity index (χ1n) is 6.39. The van der Waals surface area contributed by atoms with Crippen molar-refractivity contribution in [3.05, 3.63) is 0 Å². The van der Waals surface area contributed by atoms with Crippen LogP contribution in [-0.4, -0.2) is 5.25 Å². The van der Waals surface area contributed by atoms with Gasteiger partial charge in [-0.3, -0.25) is 0 Å². The van der Waals surface area contributed by atoms with Crippen LogP contribution in [0.15, 0.2) is 0 Å². The fourth-order valence-electron chi connectivity index (χ4n) is 2.52. The highest BCUT2D eigenvalue weighted by Gasteiger charge is 2.23. The molecule has 1 heteroatoms. The summed E-state index contributed by atoms with van der Waals surface area (Å²) in [5.74, 6) is 1.74. The lowest BCUT2D eigenvalue weighted by atomic mass is 9.81. The zero-order valence-corrected chi connectivity index (χ0v) is 11.3. The van der Waals surface area contributed by atoms with Crippen LogP contribution in [0, 0.1) is 11.8 Å². The third-order valence-corrected chi connectivity index (χ3v) is 3.98. The molecule has 0 heterocycles. The summed E-state index contributed by atoms with van der Waals surface area (Å²) < 4.78 is 0. The molecule has 3 unspecified atom stereocenters. The fourth-order valence-corrected chi connectivity index (χ4v) is 3.23. The van der Waals surface area contributed by atoms with Crippen molar-refractivity contribution in [3.63, 3.8) is 0 Å². The van der Waals surface area contributed by atoms with Crippen molar-refractivity contribution in [2.45, 2.75) is 71.5 Å². The van der Waals surface area contributed by atoms with Gasteiger partial charge in [-0.05, 0) is 18.3 Å². The van der Waals surface area contributed by atoms with Gasteiger partial charge in [0.05, 0.1) is 0 Å². The smallest absolute Gasteiger partial charge is 0.00475 e. The van der Waals surface area contributed by atoms with Crippen LogP contribution in [0.25, 0.3) is 0 Å². The standard InChI is InChI=1S/C13H28S/c1-5-9-11(7-3)12(8-4)13(14)10-6-2/h11-14H,5-10H2,1-4H3. The lowest BCUT2D eigenvalue weighted by molar-refractivity contribution is 0.279. The van der Waals surface area contributed by atoms with Crippen molar-refractivity contribution in [1.29, 1.82) is 0 Å².